The maximum Gasteiger partial charge on any atom is 0.106 e. The number of piperidine rings is 1. The molecular weight excluding hydrogens is 383 g/mol. The van der Waals surface area contributed by atoms with Crippen LogP contribution < -0.4 is 21.3 Å². The van der Waals surface area contributed by atoms with Gasteiger partial charge in [0, 0.05) is 18.1 Å². The maximum atomic E-state index is 13.7. The smallest absolute Gasteiger partial charge is 0.106 e. The van der Waals surface area contributed by atoms with E-state index in [0.29, 0.717) is 41.6 Å². The Hall–Kier alpha value is 0.120. The van der Waals surface area contributed by atoms with Crippen LogP contribution in [0.1, 0.15) is 77.6 Å². The SMILES string of the molecule is CSC1NC(C2CCC(F)CC2)C(C2CCNC(NC(C)C3CCCCC3)C2)N1. The van der Waals surface area contributed by atoms with Crippen LogP contribution in [0.15, 0.2) is 0 Å². The Morgan fingerprint density at radius 1 is 0.897 bits per heavy atom. The summed E-state index contributed by atoms with van der Waals surface area (Å²) in [5.41, 5.74) is 0.343. The first kappa shape index (κ1) is 22.3. The molecule has 6 heteroatoms. The first-order chi connectivity index (χ1) is 14.1. The first-order valence-corrected chi connectivity index (χ1v) is 13.6. The topological polar surface area (TPSA) is 48.1 Å². The number of hydrogen-bond acceptors (Lipinski definition) is 5. The fourth-order valence-corrected chi connectivity index (χ4v) is 7.11. The normalized spacial score (nSPS) is 43.3. The molecule has 29 heavy (non-hydrogen) atoms. The molecule has 0 aromatic heterocycles. The summed E-state index contributed by atoms with van der Waals surface area (Å²) < 4.78 is 13.7. The van der Waals surface area contributed by atoms with E-state index < -0.39 is 6.17 Å². The van der Waals surface area contributed by atoms with Gasteiger partial charge in [-0.15, -0.1) is 11.8 Å². The molecule has 0 aromatic carbocycles. The summed E-state index contributed by atoms with van der Waals surface area (Å²) in [5, 5.41) is 15.5. The molecule has 2 saturated carbocycles. The van der Waals surface area contributed by atoms with E-state index in [2.05, 4.69) is 34.4 Å². The van der Waals surface area contributed by atoms with Crippen LogP contribution in [0.5, 0.6) is 0 Å². The minimum Gasteiger partial charge on any atom is -0.302 e. The Morgan fingerprint density at radius 3 is 2.28 bits per heavy atom. The van der Waals surface area contributed by atoms with Crippen molar-refractivity contribution in [2.45, 2.75) is 114 Å². The Morgan fingerprint density at radius 2 is 1.59 bits per heavy atom. The lowest BCUT2D eigenvalue weighted by Gasteiger charge is -2.41. The quantitative estimate of drug-likeness (QED) is 0.518. The zero-order valence-electron chi connectivity index (χ0n) is 18.5. The van der Waals surface area contributed by atoms with Crippen LogP contribution in [0.2, 0.25) is 0 Å². The average molecular weight is 427 g/mol. The van der Waals surface area contributed by atoms with Crippen molar-refractivity contribution in [2.24, 2.45) is 17.8 Å². The van der Waals surface area contributed by atoms with Crippen LogP contribution in [0.25, 0.3) is 0 Å². The van der Waals surface area contributed by atoms with Crippen LogP contribution in [-0.2, 0) is 0 Å². The Bertz CT molecular complexity index is 495. The van der Waals surface area contributed by atoms with E-state index in [1.807, 2.05) is 11.8 Å². The third-order valence-electron chi connectivity index (χ3n) is 8.29. The number of thioether (sulfide) groups is 1. The molecule has 0 aromatic rings. The van der Waals surface area contributed by atoms with Gasteiger partial charge in [-0.1, -0.05) is 19.3 Å². The molecule has 4 N–H and O–H groups in total. The molecule has 2 aliphatic heterocycles. The predicted octanol–water partition coefficient (Wildman–Crippen LogP) is 3.98. The van der Waals surface area contributed by atoms with Gasteiger partial charge in [0.2, 0.25) is 0 Å². The number of hydrogen-bond donors (Lipinski definition) is 4. The molecule has 0 amide bonds. The Kier molecular flexibility index (Phi) is 8.18. The van der Waals surface area contributed by atoms with Crippen LogP contribution in [0, 0.1) is 17.8 Å². The van der Waals surface area contributed by atoms with Gasteiger partial charge in [0.15, 0.2) is 0 Å². The van der Waals surface area contributed by atoms with Gasteiger partial charge < -0.3 is 5.32 Å². The van der Waals surface area contributed by atoms with Crippen LogP contribution >= 0.6 is 11.8 Å². The second kappa shape index (κ2) is 10.6. The summed E-state index contributed by atoms with van der Waals surface area (Å²) in [6.45, 7) is 3.50. The number of halogens is 1. The molecular formula is C23H43FN4S. The lowest BCUT2D eigenvalue weighted by Crippen LogP contribution is -2.56. The van der Waals surface area contributed by atoms with E-state index in [0.717, 1.165) is 38.1 Å². The summed E-state index contributed by atoms with van der Waals surface area (Å²) in [7, 11) is 0. The minimum absolute atomic E-state index is 0.343. The summed E-state index contributed by atoms with van der Waals surface area (Å²) in [6.07, 6.45) is 15.1. The van der Waals surface area contributed by atoms with Gasteiger partial charge in [-0.05, 0) is 88.8 Å². The molecule has 6 atom stereocenters. The van der Waals surface area contributed by atoms with Crippen molar-refractivity contribution in [2.75, 3.05) is 12.8 Å². The third-order valence-corrected chi connectivity index (χ3v) is 9.04. The third kappa shape index (κ3) is 5.68. The molecule has 6 unspecified atom stereocenters. The van der Waals surface area contributed by atoms with Crippen LogP contribution in [-0.4, -0.2) is 48.8 Å². The zero-order valence-corrected chi connectivity index (χ0v) is 19.3. The van der Waals surface area contributed by atoms with E-state index in [4.69, 9.17) is 0 Å². The summed E-state index contributed by atoms with van der Waals surface area (Å²) in [5.74, 6) is 2.16. The highest BCUT2D eigenvalue weighted by Crippen LogP contribution is 2.36. The van der Waals surface area contributed by atoms with E-state index >= 15 is 0 Å². The van der Waals surface area contributed by atoms with E-state index in [1.54, 1.807) is 0 Å². The van der Waals surface area contributed by atoms with Gasteiger partial charge >= 0.3 is 0 Å². The highest BCUT2D eigenvalue weighted by molar-refractivity contribution is 7.99. The molecule has 168 valence electrons. The highest BCUT2D eigenvalue weighted by Gasteiger charge is 2.43. The van der Waals surface area contributed by atoms with Crippen molar-refractivity contribution in [1.82, 2.24) is 21.3 Å². The second-order valence-corrected chi connectivity index (χ2v) is 11.1. The summed E-state index contributed by atoms with van der Waals surface area (Å²) in [4.78, 5) is 0. The molecule has 0 bridgehead atoms. The molecule has 4 nitrogen and oxygen atoms in total. The van der Waals surface area contributed by atoms with Gasteiger partial charge in [-0.25, -0.2) is 4.39 Å². The summed E-state index contributed by atoms with van der Waals surface area (Å²) in [6, 6.07) is 1.63. The highest BCUT2D eigenvalue weighted by atomic mass is 32.2. The fourth-order valence-electron chi connectivity index (χ4n) is 6.52. The van der Waals surface area contributed by atoms with Gasteiger partial charge in [-0.2, -0.15) is 0 Å². The van der Waals surface area contributed by atoms with E-state index in [-0.39, 0.29) is 0 Å². The maximum absolute atomic E-state index is 13.7. The minimum atomic E-state index is -0.566. The van der Waals surface area contributed by atoms with Crippen molar-refractivity contribution in [1.29, 1.82) is 0 Å². The first-order valence-electron chi connectivity index (χ1n) is 12.3. The van der Waals surface area contributed by atoms with E-state index in [1.165, 1.54) is 44.9 Å². The number of alkyl halides is 1. The van der Waals surface area contributed by atoms with Gasteiger partial charge in [-0.3, -0.25) is 16.0 Å². The molecule has 2 heterocycles. The lowest BCUT2D eigenvalue weighted by molar-refractivity contribution is 0.143. The standard InChI is InChI=1S/C23H43FN4S/c1-15(16-6-4-3-5-7-16)26-20-14-18(12-13-25-20)22-21(27-23(28-22)29-2)17-8-10-19(24)11-9-17/h15-23,25-28H,3-14H2,1-2H3. The lowest BCUT2D eigenvalue weighted by atomic mass is 9.75. The monoisotopic (exact) mass is 426 g/mol. The zero-order chi connectivity index (χ0) is 20.2. The second-order valence-electron chi connectivity index (χ2n) is 10.2. The molecule has 4 rings (SSSR count). The average Bonchev–Trinajstić information content (AvgIpc) is 3.20. The van der Waals surface area contributed by atoms with Crippen molar-refractivity contribution in [3.05, 3.63) is 0 Å². The van der Waals surface area contributed by atoms with Crippen molar-refractivity contribution in [3.8, 4) is 0 Å². The molecule has 0 spiro atoms. The van der Waals surface area contributed by atoms with Gasteiger partial charge in [0.05, 0.1) is 6.17 Å². The Balaban J connectivity index is 1.35. The van der Waals surface area contributed by atoms with Gasteiger partial charge in [0.1, 0.15) is 11.7 Å². The van der Waals surface area contributed by atoms with Crippen molar-refractivity contribution < 1.29 is 4.39 Å². The van der Waals surface area contributed by atoms with E-state index in [9.17, 15) is 4.39 Å². The molecule has 2 aliphatic carbocycles. The molecule has 0 radical (unpaired) electrons. The molecule has 4 fully saturated rings. The van der Waals surface area contributed by atoms with Crippen LogP contribution in [0.4, 0.5) is 4.39 Å². The largest absolute Gasteiger partial charge is 0.302 e. The number of rotatable bonds is 6. The fraction of sp³-hybridized carbons (Fsp3) is 1.00. The van der Waals surface area contributed by atoms with Crippen LogP contribution in [0.3, 0.4) is 0 Å². The van der Waals surface area contributed by atoms with Crippen molar-refractivity contribution >= 4 is 11.8 Å². The predicted molar refractivity (Wildman–Crippen MR) is 122 cm³/mol. The Labute approximate surface area is 181 Å². The van der Waals surface area contributed by atoms with Gasteiger partial charge in [0.25, 0.3) is 0 Å². The number of nitrogens with one attached hydrogen (secondary N) is 4. The molecule has 4 aliphatic rings. The molecule has 2 saturated heterocycles. The van der Waals surface area contributed by atoms with Crippen molar-refractivity contribution in [3.63, 3.8) is 0 Å². The summed E-state index contributed by atoms with van der Waals surface area (Å²) >= 11 is 1.87.